The van der Waals surface area contributed by atoms with Gasteiger partial charge < -0.3 is 5.73 Å². The Balaban J connectivity index is 2.08. The van der Waals surface area contributed by atoms with E-state index in [0.717, 1.165) is 31.2 Å². The van der Waals surface area contributed by atoms with Crippen LogP contribution in [-0.4, -0.2) is 5.54 Å². The Hall–Kier alpha value is -0.410. The van der Waals surface area contributed by atoms with Crippen LogP contribution in [0.3, 0.4) is 0 Å². The summed E-state index contributed by atoms with van der Waals surface area (Å²) in [7, 11) is 0. The zero-order chi connectivity index (χ0) is 11.1. The Morgan fingerprint density at radius 3 is 2.67 bits per heavy atom. The first-order valence-corrected chi connectivity index (χ1v) is 6.03. The van der Waals surface area contributed by atoms with Gasteiger partial charge in [0.2, 0.25) is 0 Å². The van der Waals surface area contributed by atoms with E-state index < -0.39 is 0 Å². The number of hydrogen-bond acceptors (Lipinski definition) is 1. The van der Waals surface area contributed by atoms with Crippen molar-refractivity contribution in [3.05, 3.63) is 33.5 Å². The van der Waals surface area contributed by atoms with E-state index in [4.69, 9.17) is 5.73 Å². The minimum atomic E-state index is -0.160. The molecule has 0 unspecified atom stereocenters. The molecule has 1 aliphatic rings. The van der Waals surface area contributed by atoms with E-state index in [1.54, 1.807) is 6.92 Å². The first-order valence-electron chi connectivity index (χ1n) is 5.24. The van der Waals surface area contributed by atoms with Gasteiger partial charge in [-0.3, -0.25) is 0 Å². The van der Waals surface area contributed by atoms with Crippen molar-refractivity contribution in [2.75, 3.05) is 0 Å². The lowest BCUT2D eigenvalue weighted by atomic mass is 10.0. The summed E-state index contributed by atoms with van der Waals surface area (Å²) in [5, 5.41) is 0. The molecule has 0 radical (unpaired) electrons. The molecule has 0 saturated heterocycles. The minimum Gasteiger partial charge on any atom is -0.325 e. The highest BCUT2D eigenvalue weighted by Crippen LogP contribution is 2.36. The van der Waals surface area contributed by atoms with Crippen LogP contribution in [0, 0.1) is 12.7 Å². The molecule has 0 atom stereocenters. The highest BCUT2D eigenvalue weighted by atomic mass is 79.9. The maximum absolute atomic E-state index is 13.3. The highest BCUT2D eigenvalue weighted by molar-refractivity contribution is 9.10. The average Bonchev–Trinajstić information content (AvgIpc) is 2.90. The summed E-state index contributed by atoms with van der Waals surface area (Å²) in [4.78, 5) is 0. The molecular weight excluding hydrogens is 257 g/mol. The Bertz CT molecular complexity index is 362. The van der Waals surface area contributed by atoms with Crippen molar-refractivity contribution < 1.29 is 4.39 Å². The van der Waals surface area contributed by atoms with Crippen LogP contribution in [0.5, 0.6) is 0 Å². The fourth-order valence-corrected chi connectivity index (χ4v) is 2.35. The Kier molecular flexibility index (Phi) is 2.86. The van der Waals surface area contributed by atoms with Crippen LogP contribution in [0.2, 0.25) is 0 Å². The van der Waals surface area contributed by atoms with Gasteiger partial charge in [0.05, 0.1) is 4.47 Å². The second-order valence-corrected chi connectivity index (χ2v) is 5.43. The van der Waals surface area contributed by atoms with Crippen molar-refractivity contribution in [2.24, 2.45) is 5.73 Å². The Labute approximate surface area is 98.0 Å². The maximum Gasteiger partial charge on any atom is 0.140 e. The van der Waals surface area contributed by atoms with Gasteiger partial charge in [0.25, 0.3) is 0 Å². The first-order chi connectivity index (χ1) is 7.00. The van der Waals surface area contributed by atoms with Crippen LogP contribution >= 0.6 is 15.9 Å². The molecule has 0 bridgehead atoms. The molecule has 1 aliphatic carbocycles. The summed E-state index contributed by atoms with van der Waals surface area (Å²) in [5.74, 6) is -0.160. The average molecular weight is 272 g/mol. The van der Waals surface area contributed by atoms with Gasteiger partial charge in [-0.05, 0) is 65.7 Å². The molecule has 1 aromatic carbocycles. The topological polar surface area (TPSA) is 26.0 Å². The van der Waals surface area contributed by atoms with Gasteiger partial charge in [0.15, 0.2) is 0 Å². The number of halogens is 2. The zero-order valence-corrected chi connectivity index (χ0v) is 10.4. The summed E-state index contributed by atoms with van der Waals surface area (Å²) >= 11 is 3.23. The number of hydrogen-bond donors (Lipinski definition) is 1. The normalized spacial score (nSPS) is 17.9. The summed E-state index contributed by atoms with van der Waals surface area (Å²) < 4.78 is 13.9. The molecule has 0 spiro atoms. The third kappa shape index (κ3) is 2.58. The van der Waals surface area contributed by atoms with E-state index in [-0.39, 0.29) is 11.4 Å². The van der Waals surface area contributed by atoms with Crippen molar-refractivity contribution >= 4 is 15.9 Å². The molecule has 1 aromatic rings. The SMILES string of the molecule is Cc1cc(CCC2(N)CC2)cc(Br)c1F. The van der Waals surface area contributed by atoms with Gasteiger partial charge in [-0.2, -0.15) is 0 Å². The predicted molar refractivity (Wildman–Crippen MR) is 63.3 cm³/mol. The van der Waals surface area contributed by atoms with Crippen molar-refractivity contribution in [3.63, 3.8) is 0 Å². The summed E-state index contributed by atoms with van der Waals surface area (Å²) in [6.45, 7) is 1.79. The Morgan fingerprint density at radius 2 is 2.13 bits per heavy atom. The monoisotopic (exact) mass is 271 g/mol. The molecule has 0 aliphatic heterocycles. The van der Waals surface area contributed by atoms with E-state index in [2.05, 4.69) is 15.9 Å². The molecule has 1 fully saturated rings. The van der Waals surface area contributed by atoms with Crippen LogP contribution in [-0.2, 0) is 6.42 Å². The second-order valence-electron chi connectivity index (χ2n) is 4.57. The molecule has 1 saturated carbocycles. The maximum atomic E-state index is 13.3. The zero-order valence-electron chi connectivity index (χ0n) is 8.82. The molecule has 1 nitrogen and oxygen atoms in total. The molecule has 0 heterocycles. The fourth-order valence-electron chi connectivity index (χ4n) is 1.75. The largest absolute Gasteiger partial charge is 0.325 e. The van der Waals surface area contributed by atoms with E-state index in [0.29, 0.717) is 10.0 Å². The van der Waals surface area contributed by atoms with E-state index >= 15 is 0 Å². The van der Waals surface area contributed by atoms with E-state index in [9.17, 15) is 4.39 Å². The molecule has 3 heteroatoms. The first kappa shape index (κ1) is 11.1. The van der Waals surface area contributed by atoms with Gasteiger partial charge >= 0.3 is 0 Å². The molecule has 15 heavy (non-hydrogen) atoms. The molecule has 2 N–H and O–H groups in total. The summed E-state index contributed by atoms with van der Waals surface area (Å²) in [5.41, 5.74) is 7.95. The molecule has 0 aromatic heterocycles. The van der Waals surface area contributed by atoms with E-state index in [1.807, 2.05) is 12.1 Å². The van der Waals surface area contributed by atoms with Crippen LogP contribution in [0.25, 0.3) is 0 Å². The van der Waals surface area contributed by atoms with Gasteiger partial charge in [0.1, 0.15) is 5.82 Å². The van der Waals surface area contributed by atoms with Crippen molar-refractivity contribution in [2.45, 2.75) is 38.1 Å². The van der Waals surface area contributed by atoms with Crippen molar-refractivity contribution in [1.29, 1.82) is 0 Å². The number of aryl methyl sites for hydroxylation is 2. The number of benzene rings is 1. The van der Waals surface area contributed by atoms with E-state index in [1.165, 1.54) is 0 Å². The van der Waals surface area contributed by atoms with Gasteiger partial charge in [0, 0.05) is 5.54 Å². The quantitative estimate of drug-likeness (QED) is 0.897. The summed E-state index contributed by atoms with van der Waals surface area (Å²) in [6.07, 6.45) is 4.21. The molecule has 82 valence electrons. The number of nitrogens with two attached hydrogens (primary N) is 1. The smallest absolute Gasteiger partial charge is 0.140 e. The molecule has 2 rings (SSSR count). The standard InChI is InChI=1S/C12H15BrFN/c1-8-6-9(7-10(13)11(8)14)2-3-12(15)4-5-12/h6-7H,2-5,15H2,1H3. The Morgan fingerprint density at radius 1 is 1.47 bits per heavy atom. The third-order valence-corrected chi connectivity index (χ3v) is 3.65. The van der Waals surface area contributed by atoms with Crippen molar-refractivity contribution in [3.8, 4) is 0 Å². The molecular formula is C12H15BrFN. The lowest BCUT2D eigenvalue weighted by Crippen LogP contribution is -2.22. The lowest BCUT2D eigenvalue weighted by Gasteiger charge is -2.09. The van der Waals surface area contributed by atoms with Gasteiger partial charge in [-0.15, -0.1) is 0 Å². The minimum absolute atomic E-state index is 0.0781. The number of rotatable bonds is 3. The lowest BCUT2D eigenvalue weighted by molar-refractivity contribution is 0.599. The van der Waals surface area contributed by atoms with Gasteiger partial charge in [-0.1, -0.05) is 6.07 Å². The third-order valence-electron chi connectivity index (χ3n) is 3.07. The van der Waals surface area contributed by atoms with Crippen LogP contribution in [0.1, 0.15) is 30.4 Å². The van der Waals surface area contributed by atoms with Crippen LogP contribution < -0.4 is 5.73 Å². The van der Waals surface area contributed by atoms with Gasteiger partial charge in [-0.25, -0.2) is 4.39 Å². The predicted octanol–water partition coefficient (Wildman–Crippen LogP) is 3.32. The fraction of sp³-hybridized carbons (Fsp3) is 0.500. The second kappa shape index (κ2) is 3.87. The van der Waals surface area contributed by atoms with Crippen LogP contribution in [0.15, 0.2) is 16.6 Å². The van der Waals surface area contributed by atoms with Crippen LogP contribution in [0.4, 0.5) is 4.39 Å². The highest BCUT2D eigenvalue weighted by Gasteiger charge is 2.37. The van der Waals surface area contributed by atoms with Crippen molar-refractivity contribution in [1.82, 2.24) is 0 Å². The summed E-state index contributed by atoms with van der Waals surface area (Å²) in [6, 6.07) is 3.76. The molecule has 0 amide bonds.